The van der Waals surface area contributed by atoms with Crippen LogP contribution in [0.1, 0.15) is 44.6 Å². The first-order valence-electron chi connectivity index (χ1n) is 8.28. The molecule has 0 fully saturated rings. The molecule has 1 aromatic carbocycles. The lowest BCUT2D eigenvalue weighted by Gasteiger charge is -2.23. The van der Waals surface area contributed by atoms with E-state index in [1.807, 2.05) is 19.1 Å². The van der Waals surface area contributed by atoms with Gasteiger partial charge < -0.3 is 0 Å². The van der Waals surface area contributed by atoms with Gasteiger partial charge in [0.2, 0.25) is 10.0 Å². The van der Waals surface area contributed by atoms with Crippen LogP contribution in [0.3, 0.4) is 0 Å². The third kappa shape index (κ3) is 6.32. The van der Waals surface area contributed by atoms with Crippen LogP contribution >= 0.6 is 0 Å². The first-order chi connectivity index (χ1) is 10.9. The molecule has 1 unspecified atom stereocenters. The molecule has 0 saturated carbocycles. The molecule has 128 valence electrons. The average molecular weight is 336 g/mol. The highest BCUT2D eigenvalue weighted by Gasteiger charge is 2.23. The van der Waals surface area contributed by atoms with Gasteiger partial charge in [-0.2, -0.15) is 0 Å². The Hall–Kier alpha value is -1.39. The summed E-state index contributed by atoms with van der Waals surface area (Å²) in [6.45, 7) is 11.7. The van der Waals surface area contributed by atoms with Gasteiger partial charge in [0, 0.05) is 12.0 Å². The number of hydrogen-bond donors (Lipinski definition) is 1. The van der Waals surface area contributed by atoms with Crippen molar-refractivity contribution in [3.05, 3.63) is 55.1 Å². The van der Waals surface area contributed by atoms with Gasteiger partial charge in [0.05, 0.1) is 4.90 Å². The normalized spacial score (nSPS) is 13.0. The summed E-state index contributed by atoms with van der Waals surface area (Å²) in [6, 6.07) is 6.70. The van der Waals surface area contributed by atoms with Crippen molar-refractivity contribution < 1.29 is 8.42 Å². The van der Waals surface area contributed by atoms with Crippen molar-refractivity contribution in [2.24, 2.45) is 5.92 Å². The average Bonchev–Trinajstić information content (AvgIpc) is 2.52. The highest BCUT2D eigenvalue weighted by atomic mass is 32.2. The molecular formula is C19H29NO2S. The van der Waals surface area contributed by atoms with E-state index in [0.717, 1.165) is 31.2 Å². The van der Waals surface area contributed by atoms with E-state index in [4.69, 9.17) is 0 Å². The lowest BCUT2D eigenvalue weighted by Crippen LogP contribution is -2.39. The molecular weight excluding hydrogens is 306 g/mol. The van der Waals surface area contributed by atoms with Gasteiger partial charge in [0.15, 0.2) is 0 Å². The van der Waals surface area contributed by atoms with Crippen molar-refractivity contribution in [3.8, 4) is 0 Å². The summed E-state index contributed by atoms with van der Waals surface area (Å²) in [4.78, 5) is 0.300. The van der Waals surface area contributed by atoms with Crippen molar-refractivity contribution in [2.75, 3.05) is 0 Å². The molecule has 0 bridgehead atoms. The highest BCUT2D eigenvalue weighted by Crippen LogP contribution is 2.18. The first kappa shape index (κ1) is 19.7. The topological polar surface area (TPSA) is 46.2 Å². The molecule has 0 saturated heterocycles. The highest BCUT2D eigenvalue weighted by molar-refractivity contribution is 7.89. The molecule has 1 aromatic rings. The summed E-state index contributed by atoms with van der Waals surface area (Å²) in [6.07, 6.45) is 8.74. The number of aryl methyl sites for hydroxylation is 1. The number of sulfonamides is 1. The summed E-state index contributed by atoms with van der Waals surface area (Å²) in [5, 5.41) is 0. The number of hydrogen-bond acceptors (Lipinski definition) is 2. The van der Waals surface area contributed by atoms with E-state index >= 15 is 0 Å². The van der Waals surface area contributed by atoms with Gasteiger partial charge in [-0.05, 0) is 25.5 Å². The van der Waals surface area contributed by atoms with Crippen LogP contribution in [0.2, 0.25) is 0 Å². The maximum absolute atomic E-state index is 12.6. The van der Waals surface area contributed by atoms with Crippen LogP contribution in [0.15, 0.2) is 54.5 Å². The molecule has 0 amide bonds. The van der Waals surface area contributed by atoms with Crippen molar-refractivity contribution in [1.29, 1.82) is 0 Å². The Morgan fingerprint density at radius 3 is 2.22 bits per heavy atom. The number of rotatable bonds is 11. The number of nitrogens with one attached hydrogen (secondary N) is 1. The van der Waals surface area contributed by atoms with E-state index < -0.39 is 10.0 Å². The Balaban J connectivity index is 2.87. The molecule has 1 atom stereocenters. The van der Waals surface area contributed by atoms with Gasteiger partial charge in [0.25, 0.3) is 0 Å². The van der Waals surface area contributed by atoms with E-state index in [-0.39, 0.29) is 12.0 Å². The van der Waals surface area contributed by atoms with Crippen LogP contribution in [-0.2, 0) is 10.0 Å². The van der Waals surface area contributed by atoms with Crippen LogP contribution < -0.4 is 4.72 Å². The summed E-state index contributed by atoms with van der Waals surface area (Å²) >= 11 is 0. The maximum Gasteiger partial charge on any atom is 0.240 e. The Morgan fingerprint density at radius 2 is 1.70 bits per heavy atom. The van der Waals surface area contributed by atoms with Gasteiger partial charge in [-0.25, -0.2) is 13.1 Å². The van der Waals surface area contributed by atoms with Crippen molar-refractivity contribution in [2.45, 2.75) is 56.9 Å². The predicted molar refractivity (Wildman–Crippen MR) is 97.9 cm³/mol. The fraction of sp³-hybridized carbons (Fsp3) is 0.474. The van der Waals surface area contributed by atoms with Crippen LogP contribution in [0.4, 0.5) is 0 Å². The molecule has 0 aliphatic rings. The Morgan fingerprint density at radius 1 is 1.09 bits per heavy atom. The summed E-state index contributed by atoms with van der Waals surface area (Å²) in [7, 11) is -3.53. The predicted octanol–water partition coefficient (Wildman–Crippen LogP) is 4.60. The number of benzene rings is 1. The summed E-state index contributed by atoms with van der Waals surface area (Å²) in [5.41, 5.74) is 1.04. The van der Waals surface area contributed by atoms with E-state index in [0.29, 0.717) is 4.90 Å². The van der Waals surface area contributed by atoms with E-state index in [2.05, 4.69) is 24.8 Å². The zero-order valence-electron chi connectivity index (χ0n) is 14.3. The second-order valence-electron chi connectivity index (χ2n) is 5.94. The van der Waals surface area contributed by atoms with Crippen LogP contribution in [0, 0.1) is 12.8 Å². The fourth-order valence-corrected chi connectivity index (χ4v) is 3.83. The van der Waals surface area contributed by atoms with Crippen molar-refractivity contribution in [1.82, 2.24) is 4.72 Å². The van der Waals surface area contributed by atoms with Crippen molar-refractivity contribution in [3.63, 3.8) is 0 Å². The molecule has 3 nitrogen and oxygen atoms in total. The minimum Gasteiger partial charge on any atom is -0.207 e. The maximum atomic E-state index is 12.6. The lowest BCUT2D eigenvalue weighted by molar-refractivity contribution is 0.458. The lowest BCUT2D eigenvalue weighted by atomic mass is 9.95. The van der Waals surface area contributed by atoms with E-state index in [1.54, 1.807) is 24.3 Å². The minimum atomic E-state index is -3.53. The molecule has 23 heavy (non-hydrogen) atoms. The molecule has 0 aliphatic carbocycles. The third-order valence-electron chi connectivity index (χ3n) is 4.02. The van der Waals surface area contributed by atoms with Gasteiger partial charge in [-0.3, -0.25) is 0 Å². The molecule has 1 rings (SSSR count). The Labute approximate surface area is 141 Å². The zero-order chi connectivity index (χ0) is 17.3. The van der Waals surface area contributed by atoms with Crippen LogP contribution in [-0.4, -0.2) is 14.5 Å². The molecule has 0 aromatic heterocycles. The first-order valence-corrected chi connectivity index (χ1v) is 9.77. The molecule has 0 radical (unpaired) electrons. The van der Waals surface area contributed by atoms with E-state index in [1.165, 1.54) is 6.42 Å². The number of unbranched alkanes of at least 4 members (excludes halogenated alkanes) is 3. The largest absolute Gasteiger partial charge is 0.240 e. The summed E-state index contributed by atoms with van der Waals surface area (Å²) in [5.74, 6) is -0.0724. The van der Waals surface area contributed by atoms with Gasteiger partial charge >= 0.3 is 0 Å². The van der Waals surface area contributed by atoms with Gasteiger partial charge in [0.1, 0.15) is 0 Å². The molecule has 0 heterocycles. The monoisotopic (exact) mass is 335 g/mol. The SMILES string of the molecule is C=CC(C=C)C(CCCCCC)NS(=O)(=O)c1ccc(C)cc1. The second kappa shape index (κ2) is 9.68. The fourth-order valence-electron chi connectivity index (χ4n) is 2.53. The molecule has 4 heteroatoms. The standard InChI is InChI=1S/C19H29NO2S/c1-5-8-9-10-11-19(17(6-2)7-3)20-23(21,22)18-14-12-16(4)13-15-18/h6-7,12-15,17,19-20H,2-3,5,8-11H2,1,4H3. The Bertz CT molecular complexity index is 582. The van der Waals surface area contributed by atoms with Gasteiger partial charge in [-0.15, -0.1) is 13.2 Å². The minimum absolute atomic E-state index is 0.0724. The van der Waals surface area contributed by atoms with Crippen molar-refractivity contribution >= 4 is 10.0 Å². The van der Waals surface area contributed by atoms with Crippen LogP contribution in [0.5, 0.6) is 0 Å². The molecule has 0 spiro atoms. The van der Waals surface area contributed by atoms with Crippen LogP contribution in [0.25, 0.3) is 0 Å². The Kier molecular flexibility index (Phi) is 8.28. The quantitative estimate of drug-likeness (QED) is 0.474. The van der Waals surface area contributed by atoms with Gasteiger partial charge in [-0.1, -0.05) is 62.5 Å². The zero-order valence-corrected chi connectivity index (χ0v) is 15.1. The molecule has 0 aliphatic heterocycles. The third-order valence-corrected chi connectivity index (χ3v) is 5.52. The smallest absolute Gasteiger partial charge is 0.207 e. The molecule has 1 N–H and O–H groups in total. The second-order valence-corrected chi connectivity index (χ2v) is 7.65. The summed E-state index contributed by atoms with van der Waals surface area (Å²) < 4.78 is 28.0. The van der Waals surface area contributed by atoms with E-state index in [9.17, 15) is 8.42 Å².